The fraction of sp³-hybridized carbons (Fsp3) is 0.111. The first-order valence-corrected chi connectivity index (χ1v) is 4.47. The van der Waals surface area contributed by atoms with Crippen LogP contribution in [-0.4, -0.2) is 5.11 Å². The van der Waals surface area contributed by atoms with Gasteiger partial charge in [-0.2, -0.15) is 10.5 Å². The quantitative estimate of drug-likeness (QED) is 0.792. The first kappa shape index (κ1) is 10.5. The Balaban J connectivity index is 3.38. The summed E-state index contributed by atoms with van der Waals surface area (Å²) < 4.78 is 0.359. The number of rotatable bonds is 1. The second-order valence-corrected chi connectivity index (χ2v) is 3.47. The Bertz CT molecular complexity index is 445. The number of phenolic OH excluding ortho intramolecular Hbond substituents is 1. The van der Waals surface area contributed by atoms with Crippen LogP contribution < -0.4 is 5.73 Å². The van der Waals surface area contributed by atoms with E-state index in [1.807, 2.05) is 6.07 Å². The summed E-state index contributed by atoms with van der Waals surface area (Å²) in [6.45, 7) is 0. The highest BCUT2D eigenvalue weighted by Crippen LogP contribution is 2.32. The third-order valence-corrected chi connectivity index (χ3v) is 2.30. The minimum atomic E-state index is -0.931. The number of hydrogen-bond donors (Lipinski definition) is 2. The van der Waals surface area contributed by atoms with Crippen molar-refractivity contribution in [1.29, 1.82) is 10.5 Å². The predicted octanol–water partition coefficient (Wildman–Crippen LogP) is 1.55. The van der Waals surface area contributed by atoms with Crippen LogP contribution in [0.4, 0.5) is 0 Å². The average Bonchev–Trinajstić information content (AvgIpc) is 2.20. The highest BCUT2D eigenvalue weighted by atomic mass is 79.9. The summed E-state index contributed by atoms with van der Waals surface area (Å²) in [7, 11) is 0. The molecule has 3 N–H and O–H groups in total. The van der Waals surface area contributed by atoms with Gasteiger partial charge < -0.3 is 10.8 Å². The minimum absolute atomic E-state index is 0.0990. The molecule has 5 heteroatoms. The van der Waals surface area contributed by atoms with Crippen LogP contribution in [0.25, 0.3) is 0 Å². The first-order chi connectivity index (χ1) is 6.60. The largest absolute Gasteiger partial charge is 0.506 e. The van der Waals surface area contributed by atoms with Gasteiger partial charge in [0, 0.05) is 5.56 Å². The van der Waals surface area contributed by atoms with Crippen molar-refractivity contribution in [3.8, 4) is 17.9 Å². The van der Waals surface area contributed by atoms with Gasteiger partial charge in [-0.1, -0.05) is 0 Å². The first-order valence-electron chi connectivity index (χ1n) is 3.68. The Morgan fingerprint density at radius 1 is 1.43 bits per heavy atom. The zero-order valence-corrected chi connectivity index (χ0v) is 8.62. The topological polar surface area (TPSA) is 93.8 Å². The van der Waals surface area contributed by atoms with E-state index >= 15 is 0 Å². The van der Waals surface area contributed by atoms with E-state index in [1.165, 1.54) is 12.1 Å². The van der Waals surface area contributed by atoms with Crippen molar-refractivity contribution in [2.75, 3.05) is 0 Å². The maximum Gasteiger partial charge on any atom is 0.135 e. The van der Waals surface area contributed by atoms with Crippen LogP contribution in [-0.2, 0) is 0 Å². The van der Waals surface area contributed by atoms with Crippen LogP contribution in [0.1, 0.15) is 17.2 Å². The van der Waals surface area contributed by atoms with Crippen molar-refractivity contribution in [3.63, 3.8) is 0 Å². The summed E-state index contributed by atoms with van der Waals surface area (Å²) in [6.07, 6.45) is 0. The van der Waals surface area contributed by atoms with Gasteiger partial charge in [-0.25, -0.2) is 0 Å². The molecule has 4 nitrogen and oxygen atoms in total. The van der Waals surface area contributed by atoms with Gasteiger partial charge in [0.05, 0.1) is 22.2 Å². The summed E-state index contributed by atoms with van der Waals surface area (Å²) in [5, 5.41) is 26.8. The molecule has 0 heterocycles. The number of nitrogens with two attached hydrogens (primary N) is 1. The van der Waals surface area contributed by atoms with Crippen LogP contribution in [0, 0.1) is 22.7 Å². The maximum absolute atomic E-state index is 9.53. The van der Waals surface area contributed by atoms with Crippen LogP contribution >= 0.6 is 15.9 Å². The third-order valence-electron chi connectivity index (χ3n) is 1.70. The fourth-order valence-electron chi connectivity index (χ4n) is 0.991. The second kappa shape index (κ2) is 4.10. The van der Waals surface area contributed by atoms with Gasteiger partial charge in [0.2, 0.25) is 0 Å². The van der Waals surface area contributed by atoms with Crippen molar-refractivity contribution < 1.29 is 5.11 Å². The van der Waals surface area contributed by atoms with Gasteiger partial charge in [0.1, 0.15) is 11.8 Å². The number of aromatic hydroxyl groups is 1. The lowest BCUT2D eigenvalue weighted by Gasteiger charge is -2.08. The van der Waals surface area contributed by atoms with E-state index in [0.717, 1.165) is 0 Å². The SMILES string of the molecule is N#Cc1cc(Br)c(O)c(C(N)C#N)c1. The molecule has 0 radical (unpaired) electrons. The Labute approximate surface area is 89.3 Å². The number of halogens is 1. The molecule has 0 amide bonds. The lowest BCUT2D eigenvalue weighted by Crippen LogP contribution is -2.07. The molecule has 0 aromatic heterocycles. The predicted molar refractivity (Wildman–Crippen MR) is 53.1 cm³/mol. The summed E-state index contributed by atoms with van der Waals surface area (Å²) in [4.78, 5) is 0. The molecular weight excluding hydrogens is 246 g/mol. The van der Waals surface area contributed by atoms with Crippen molar-refractivity contribution in [3.05, 3.63) is 27.7 Å². The molecule has 0 aliphatic rings. The molecule has 0 aliphatic heterocycles. The van der Waals surface area contributed by atoms with Gasteiger partial charge >= 0.3 is 0 Å². The molecule has 0 spiro atoms. The molecule has 0 bridgehead atoms. The standard InChI is InChI=1S/C9H6BrN3O/c10-7-2-5(3-11)1-6(9(7)14)8(13)4-12/h1-2,8,14H,13H2. The van der Waals surface area contributed by atoms with E-state index in [4.69, 9.17) is 16.3 Å². The van der Waals surface area contributed by atoms with Crippen molar-refractivity contribution in [2.45, 2.75) is 6.04 Å². The van der Waals surface area contributed by atoms with Gasteiger partial charge in [0.25, 0.3) is 0 Å². The second-order valence-electron chi connectivity index (χ2n) is 2.61. The van der Waals surface area contributed by atoms with Crippen molar-refractivity contribution in [2.24, 2.45) is 5.73 Å². The Hall–Kier alpha value is -1.56. The Morgan fingerprint density at radius 3 is 2.57 bits per heavy atom. The van der Waals surface area contributed by atoms with E-state index in [0.29, 0.717) is 10.0 Å². The molecule has 0 fully saturated rings. The molecule has 1 aromatic rings. The lowest BCUT2D eigenvalue weighted by atomic mass is 10.0. The highest BCUT2D eigenvalue weighted by Gasteiger charge is 2.14. The minimum Gasteiger partial charge on any atom is -0.506 e. The zero-order valence-electron chi connectivity index (χ0n) is 7.03. The third kappa shape index (κ3) is 1.85. The smallest absolute Gasteiger partial charge is 0.135 e. The van der Waals surface area contributed by atoms with Crippen molar-refractivity contribution in [1.82, 2.24) is 0 Å². The summed E-state index contributed by atoms with van der Waals surface area (Å²) in [6, 6.07) is 5.62. The van der Waals surface area contributed by atoms with Crippen LogP contribution in [0.15, 0.2) is 16.6 Å². The number of phenols is 1. The van der Waals surface area contributed by atoms with E-state index < -0.39 is 6.04 Å². The number of nitrogens with zero attached hydrogens (tertiary/aromatic N) is 2. The Morgan fingerprint density at radius 2 is 2.07 bits per heavy atom. The summed E-state index contributed by atoms with van der Waals surface area (Å²) >= 11 is 3.07. The lowest BCUT2D eigenvalue weighted by molar-refractivity contribution is 0.463. The molecule has 1 rings (SSSR count). The molecule has 14 heavy (non-hydrogen) atoms. The normalized spacial score (nSPS) is 11.4. The van der Waals surface area contributed by atoms with Crippen LogP contribution in [0.5, 0.6) is 5.75 Å². The van der Waals surface area contributed by atoms with Gasteiger partial charge in [-0.3, -0.25) is 0 Å². The van der Waals surface area contributed by atoms with E-state index in [1.54, 1.807) is 6.07 Å². The van der Waals surface area contributed by atoms with Gasteiger partial charge in [0.15, 0.2) is 0 Å². The van der Waals surface area contributed by atoms with Crippen LogP contribution in [0.2, 0.25) is 0 Å². The van der Waals surface area contributed by atoms with Gasteiger partial charge in [-0.05, 0) is 28.1 Å². The van der Waals surface area contributed by atoms with Gasteiger partial charge in [-0.15, -0.1) is 0 Å². The Kier molecular flexibility index (Phi) is 3.08. The number of nitriles is 2. The molecule has 0 saturated heterocycles. The maximum atomic E-state index is 9.53. The summed E-state index contributed by atoms with van der Waals surface area (Å²) in [5.74, 6) is -0.0990. The molecular formula is C9H6BrN3O. The zero-order chi connectivity index (χ0) is 10.7. The molecule has 0 saturated carbocycles. The monoisotopic (exact) mass is 251 g/mol. The van der Waals surface area contributed by atoms with Crippen molar-refractivity contribution >= 4 is 15.9 Å². The molecule has 1 atom stereocenters. The van der Waals surface area contributed by atoms with E-state index in [2.05, 4.69) is 15.9 Å². The molecule has 1 aromatic carbocycles. The van der Waals surface area contributed by atoms with E-state index in [-0.39, 0.29) is 11.3 Å². The number of benzene rings is 1. The molecule has 0 aliphatic carbocycles. The average molecular weight is 252 g/mol. The highest BCUT2D eigenvalue weighted by molar-refractivity contribution is 9.10. The summed E-state index contributed by atoms with van der Waals surface area (Å²) in [5.41, 5.74) is 6.03. The van der Waals surface area contributed by atoms with E-state index in [9.17, 15) is 5.11 Å². The molecule has 70 valence electrons. The molecule has 1 unspecified atom stereocenters. The number of hydrogen-bond acceptors (Lipinski definition) is 4. The fourth-order valence-corrected chi connectivity index (χ4v) is 1.47. The van der Waals surface area contributed by atoms with Crippen LogP contribution in [0.3, 0.4) is 0 Å².